The van der Waals surface area contributed by atoms with E-state index in [-0.39, 0.29) is 11.1 Å². The van der Waals surface area contributed by atoms with Gasteiger partial charge in [0.1, 0.15) is 24.7 Å². The molecule has 146 valence electrons. The Bertz CT molecular complexity index is 895. The number of para-hydroxylation sites is 1. The van der Waals surface area contributed by atoms with Crippen LogP contribution in [0.25, 0.3) is 6.08 Å². The first kappa shape index (κ1) is 20.0. The van der Waals surface area contributed by atoms with Gasteiger partial charge in [-0.2, -0.15) is 4.99 Å². The smallest absolute Gasteiger partial charge is 0.286 e. The molecule has 0 bridgehead atoms. The van der Waals surface area contributed by atoms with Crippen molar-refractivity contribution < 1.29 is 19.0 Å². The van der Waals surface area contributed by atoms with Crippen molar-refractivity contribution in [3.05, 3.63) is 64.6 Å². The number of hydrogen-bond acceptors (Lipinski definition) is 6. The molecular formula is C21H22N2O4S. The van der Waals surface area contributed by atoms with E-state index in [4.69, 9.17) is 19.9 Å². The highest BCUT2D eigenvalue weighted by molar-refractivity contribution is 8.18. The van der Waals surface area contributed by atoms with Gasteiger partial charge in [-0.15, -0.1) is 0 Å². The molecule has 2 N–H and O–H groups in total. The monoisotopic (exact) mass is 398 g/mol. The summed E-state index contributed by atoms with van der Waals surface area (Å²) in [5.74, 6) is 1.19. The highest BCUT2D eigenvalue weighted by atomic mass is 32.2. The zero-order chi connectivity index (χ0) is 19.8. The third-order valence-corrected chi connectivity index (χ3v) is 4.63. The number of amidine groups is 1. The molecular weight excluding hydrogens is 376 g/mol. The van der Waals surface area contributed by atoms with Gasteiger partial charge in [-0.05, 0) is 48.5 Å². The van der Waals surface area contributed by atoms with Gasteiger partial charge in [0, 0.05) is 5.56 Å². The quantitative estimate of drug-likeness (QED) is 0.515. The fourth-order valence-electron chi connectivity index (χ4n) is 2.53. The van der Waals surface area contributed by atoms with Crippen LogP contribution in [0.3, 0.4) is 0 Å². The second-order valence-corrected chi connectivity index (χ2v) is 7.09. The zero-order valence-corrected chi connectivity index (χ0v) is 16.4. The predicted octanol–water partition coefficient (Wildman–Crippen LogP) is 3.40. The van der Waals surface area contributed by atoms with Gasteiger partial charge < -0.3 is 19.9 Å². The summed E-state index contributed by atoms with van der Waals surface area (Å²) in [5, 5.41) is 0.260. The van der Waals surface area contributed by atoms with E-state index in [2.05, 4.69) is 4.99 Å². The molecule has 1 aliphatic heterocycles. The van der Waals surface area contributed by atoms with Crippen LogP contribution in [-0.4, -0.2) is 37.5 Å². The minimum atomic E-state index is -0.325. The topological polar surface area (TPSA) is 83.1 Å². The second-order valence-electron chi connectivity index (χ2n) is 6.03. The maximum atomic E-state index is 11.8. The van der Waals surface area contributed by atoms with Gasteiger partial charge >= 0.3 is 0 Å². The lowest BCUT2D eigenvalue weighted by Gasteiger charge is -2.11. The predicted molar refractivity (Wildman–Crippen MR) is 112 cm³/mol. The SMILES string of the molecule is Cc1cccc(OCCOCCOc2ccccc2C=C2SC(N)=NC2=O)c1. The van der Waals surface area contributed by atoms with Gasteiger partial charge in [0.05, 0.1) is 18.1 Å². The molecule has 0 unspecified atom stereocenters. The molecule has 0 saturated heterocycles. The Morgan fingerprint density at radius 2 is 1.82 bits per heavy atom. The van der Waals surface area contributed by atoms with E-state index in [1.807, 2.05) is 55.5 Å². The average Bonchev–Trinajstić information content (AvgIpc) is 2.99. The molecule has 0 aliphatic carbocycles. The fraction of sp³-hybridized carbons (Fsp3) is 0.238. The zero-order valence-electron chi connectivity index (χ0n) is 15.6. The number of carbonyl (C=O) groups is 1. The Hall–Kier alpha value is -2.77. The first-order chi connectivity index (χ1) is 13.6. The number of carbonyl (C=O) groups excluding carboxylic acids is 1. The lowest BCUT2D eigenvalue weighted by molar-refractivity contribution is -0.113. The number of aliphatic imine (C=N–C) groups is 1. The molecule has 3 rings (SSSR count). The second kappa shape index (κ2) is 9.96. The Morgan fingerprint density at radius 3 is 2.57 bits per heavy atom. The first-order valence-electron chi connectivity index (χ1n) is 8.89. The minimum Gasteiger partial charge on any atom is -0.491 e. The molecule has 0 fully saturated rings. The van der Waals surface area contributed by atoms with Crippen LogP contribution in [0, 0.1) is 6.92 Å². The standard InChI is InChI=1S/C21H22N2O4S/c1-15-5-4-7-17(13-15)26-11-9-25-10-12-27-18-8-3-2-6-16(18)14-19-20(24)23-21(22)28-19/h2-8,13-14H,9-12H2,1H3,(H2,22,23,24). The summed E-state index contributed by atoms with van der Waals surface area (Å²) in [6.45, 7) is 3.81. The van der Waals surface area contributed by atoms with E-state index < -0.39 is 0 Å². The number of hydrogen-bond donors (Lipinski definition) is 1. The Morgan fingerprint density at radius 1 is 1.04 bits per heavy atom. The van der Waals surface area contributed by atoms with E-state index in [0.717, 1.165) is 28.6 Å². The van der Waals surface area contributed by atoms with Crippen molar-refractivity contribution in [1.29, 1.82) is 0 Å². The van der Waals surface area contributed by atoms with Crippen molar-refractivity contribution in [3.63, 3.8) is 0 Å². The van der Waals surface area contributed by atoms with Gasteiger partial charge in [-0.3, -0.25) is 4.79 Å². The maximum Gasteiger partial charge on any atom is 0.286 e. The normalized spacial score (nSPS) is 15.0. The summed E-state index contributed by atoms with van der Waals surface area (Å²) in [5.41, 5.74) is 7.54. The maximum absolute atomic E-state index is 11.8. The summed E-state index contributed by atoms with van der Waals surface area (Å²) in [6.07, 6.45) is 1.74. The van der Waals surface area contributed by atoms with Gasteiger partial charge in [0.15, 0.2) is 5.17 Å². The van der Waals surface area contributed by atoms with Crippen molar-refractivity contribution in [2.75, 3.05) is 26.4 Å². The molecule has 0 atom stereocenters. The van der Waals surface area contributed by atoms with E-state index in [1.165, 1.54) is 0 Å². The number of aryl methyl sites for hydroxylation is 1. The van der Waals surface area contributed by atoms with Crippen LogP contribution in [0.15, 0.2) is 58.4 Å². The minimum absolute atomic E-state index is 0.260. The van der Waals surface area contributed by atoms with Crippen molar-refractivity contribution in [3.8, 4) is 11.5 Å². The first-order valence-corrected chi connectivity index (χ1v) is 9.70. The third kappa shape index (κ3) is 5.87. The molecule has 28 heavy (non-hydrogen) atoms. The Labute approximate surface area is 168 Å². The van der Waals surface area contributed by atoms with Crippen molar-refractivity contribution in [2.24, 2.45) is 10.7 Å². The number of amides is 1. The highest BCUT2D eigenvalue weighted by Crippen LogP contribution is 2.29. The van der Waals surface area contributed by atoms with Crippen molar-refractivity contribution in [1.82, 2.24) is 0 Å². The Balaban J connectivity index is 1.41. The van der Waals surface area contributed by atoms with E-state index in [1.54, 1.807) is 6.08 Å². The number of ether oxygens (including phenoxy) is 3. The molecule has 1 amide bonds. The van der Waals surface area contributed by atoms with Crippen molar-refractivity contribution >= 4 is 28.9 Å². The molecule has 7 heteroatoms. The number of thioether (sulfide) groups is 1. The van der Waals surface area contributed by atoms with Crippen molar-refractivity contribution in [2.45, 2.75) is 6.92 Å². The number of nitrogens with zero attached hydrogens (tertiary/aromatic N) is 1. The molecule has 0 radical (unpaired) electrons. The number of nitrogens with two attached hydrogens (primary N) is 1. The lowest BCUT2D eigenvalue weighted by atomic mass is 10.2. The fourth-order valence-corrected chi connectivity index (χ4v) is 3.21. The highest BCUT2D eigenvalue weighted by Gasteiger charge is 2.20. The molecule has 1 aliphatic rings. The summed E-state index contributed by atoms with van der Waals surface area (Å²) in [6, 6.07) is 15.4. The lowest BCUT2D eigenvalue weighted by Crippen LogP contribution is -2.12. The number of benzene rings is 2. The van der Waals surface area contributed by atoms with Gasteiger partial charge in [0.25, 0.3) is 5.91 Å². The molecule has 6 nitrogen and oxygen atoms in total. The Kier molecular flexibility index (Phi) is 7.11. The molecule has 0 saturated carbocycles. The summed E-state index contributed by atoms with van der Waals surface area (Å²) in [4.78, 5) is 15.9. The molecule has 0 spiro atoms. The van der Waals surface area contributed by atoms with Gasteiger partial charge in [-0.25, -0.2) is 0 Å². The average molecular weight is 398 g/mol. The van der Waals surface area contributed by atoms with E-state index >= 15 is 0 Å². The summed E-state index contributed by atoms with van der Waals surface area (Å²) < 4.78 is 17.0. The van der Waals surface area contributed by atoms with Gasteiger partial charge in [0.2, 0.25) is 0 Å². The van der Waals surface area contributed by atoms with E-state index in [9.17, 15) is 4.79 Å². The molecule has 2 aromatic carbocycles. The van der Waals surface area contributed by atoms with Gasteiger partial charge in [-0.1, -0.05) is 30.3 Å². The molecule has 1 heterocycles. The molecule has 2 aromatic rings. The van der Waals surface area contributed by atoms with E-state index in [0.29, 0.717) is 37.1 Å². The van der Waals surface area contributed by atoms with Crippen LogP contribution in [-0.2, 0) is 9.53 Å². The van der Waals surface area contributed by atoms with Crippen LogP contribution in [0.4, 0.5) is 0 Å². The third-order valence-electron chi connectivity index (χ3n) is 3.81. The van der Waals surface area contributed by atoms with Crippen LogP contribution in [0.2, 0.25) is 0 Å². The number of rotatable bonds is 9. The van der Waals surface area contributed by atoms with Crippen LogP contribution < -0.4 is 15.2 Å². The summed E-state index contributed by atoms with van der Waals surface area (Å²) >= 11 is 1.16. The van der Waals surface area contributed by atoms with Crippen LogP contribution >= 0.6 is 11.8 Å². The van der Waals surface area contributed by atoms with Crippen LogP contribution in [0.5, 0.6) is 11.5 Å². The van der Waals surface area contributed by atoms with Crippen LogP contribution in [0.1, 0.15) is 11.1 Å². The largest absolute Gasteiger partial charge is 0.491 e. The summed E-state index contributed by atoms with van der Waals surface area (Å²) in [7, 11) is 0. The molecule has 0 aromatic heterocycles.